The fourth-order valence-corrected chi connectivity index (χ4v) is 2.08. The van der Waals surface area contributed by atoms with Crippen molar-refractivity contribution in [3.8, 4) is 0 Å². The lowest BCUT2D eigenvalue weighted by atomic mass is 10.0. The zero-order valence-electron chi connectivity index (χ0n) is 10.6. The molecule has 0 radical (unpaired) electrons. The van der Waals surface area contributed by atoms with E-state index in [1.54, 1.807) is 0 Å². The first kappa shape index (κ1) is 12.8. The molecule has 2 N–H and O–H groups in total. The second-order valence-electron chi connectivity index (χ2n) is 4.44. The smallest absolute Gasteiger partial charge is 0.0626 e. The highest BCUT2D eigenvalue weighted by molar-refractivity contribution is 5.22. The van der Waals surface area contributed by atoms with Gasteiger partial charge in [-0.2, -0.15) is 0 Å². The van der Waals surface area contributed by atoms with Crippen LogP contribution in [0.25, 0.3) is 0 Å². The number of nitrogens with one attached hydrogen (secondary N) is 1. The SMILES string of the molecule is C[C@H](N[C@@H](CO)c1ccccc1)c1ccccc1. The molecule has 0 aliphatic rings. The lowest BCUT2D eigenvalue weighted by Crippen LogP contribution is -2.27. The average molecular weight is 241 g/mol. The Labute approximate surface area is 108 Å². The molecule has 0 spiro atoms. The average Bonchev–Trinajstić information content (AvgIpc) is 2.46. The third kappa shape index (κ3) is 3.19. The molecule has 94 valence electrons. The van der Waals surface area contributed by atoms with Gasteiger partial charge >= 0.3 is 0 Å². The lowest BCUT2D eigenvalue weighted by molar-refractivity contribution is 0.235. The van der Waals surface area contributed by atoms with Gasteiger partial charge in [-0.1, -0.05) is 60.7 Å². The molecule has 0 unspecified atom stereocenters. The van der Waals surface area contributed by atoms with E-state index in [2.05, 4.69) is 24.4 Å². The van der Waals surface area contributed by atoms with Crippen molar-refractivity contribution < 1.29 is 5.11 Å². The van der Waals surface area contributed by atoms with Gasteiger partial charge in [0.1, 0.15) is 0 Å². The Morgan fingerprint density at radius 3 is 1.89 bits per heavy atom. The van der Waals surface area contributed by atoms with E-state index in [0.29, 0.717) is 0 Å². The number of hydrogen-bond acceptors (Lipinski definition) is 2. The van der Waals surface area contributed by atoms with Crippen molar-refractivity contribution >= 4 is 0 Å². The van der Waals surface area contributed by atoms with Gasteiger partial charge in [0.15, 0.2) is 0 Å². The van der Waals surface area contributed by atoms with Gasteiger partial charge in [-0.3, -0.25) is 0 Å². The Morgan fingerprint density at radius 1 is 0.889 bits per heavy atom. The first-order valence-corrected chi connectivity index (χ1v) is 6.28. The molecule has 0 bridgehead atoms. The number of rotatable bonds is 5. The van der Waals surface area contributed by atoms with Gasteiger partial charge in [0.05, 0.1) is 12.6 Å². The minimum atomic E-state index is -0.0265. The van der Waals surface area contributed by atoms with Crippen molar-refractivity contribution in [2.45, 2.75) is 19.0 Å². The number of aliphatic hydroxyl groups excluding tert-OH is 1. The molecule has 0 amide bonds. The fourth-order valence-electron chi connectivity index (χ4n) is 2.08. The summed E-state index contributed by atoms with van der Waals surface area (Å²) in [5, 5.41) is 13.0. The maximum atomic E-state index is 9.51. The highest BCUT2D eigenvalue weighted by Gasteiger charge is 2.13. The van der Waals surface area contributed by atoms with Crippen LogP contribution in [0.15, 0.2) is 60.7 Å². The molecular formula is C16H19NO. The summed E-state index contributed by atoms with van der Waals surface area (Å²) in [5.41, 5.74) is 2.34. The second-order valence-corrected chi connectivity index (χ2v) is 4.44. The minimum absolute atomic E-state index is 0.0265. The fraction of sp³-hybridized carbons (Fsp3) is 0.250. The first-order valence-electron chi connectivity index (χ1n) is 6.28. The summed E-state index contributed by atoms with van der Waals surface area (Å²) >= 11 is 0. The largest absolute Gasteiger partial charge is 0.394 e. The Hall–Kier alpha value is -1.64. The zero-order valence-corrected chi connectivity index (χ0v) is 10.6. The van der Waals surface area contributed by atoms with Crippen LogP contribution in [-0.2, 0) is 0 Å². The summed E-state index contributed by atoms with van der Waals surface area (Å²) in [6, 6.07) is 20.5. The molecule has 0 heterocycles. The van der Waals surface area contributed by atoms with Gasteiger partial charge in [-0.15, -0.1) is 0 Å². The molecule has 0 aliphatic carbocycles. The molecule has 0 aliphatic heterocycles. The zero-order chi connectivity index (χ0) is 12.8. The second kappa shape index (κ2) is 6.34. The Morgan fingerprint density at radius 2 is 1.39 bits per heavy atom. The summed E-state index contributed by atoms with van der Waals surface area (Å²) in [7, 11) is 0. The molecule has 0 saturated carbocycles. The van der Waals surface area contributed by atoms with Gasteiger partial charge < -0.3 is 10.4 Å². The third-order valence-corrected chi connectivity index (χ3v) is 3.14. The molecule has 0 saturated heterocycles. The molecule has 2 heteroatoms. The van der Waals surface area contributed by atoms with Gasteiger partial charge in [0.25, 0.3) is 0 Å². The molecule has 0 fully saturated rings. The quantitative estimate of drug-likeness (QED) is 0.843. The van der Waals surface area contributed by atoms with Crippen LogP contribution < -0.4 is 5.32 Å². The van der Waals surface area contributed by atoms with Crippen molar-refractivity contribution in [3.63, 3.8) is 0 Å². The van der Waals surface area contributed by atoms with Crippen molar-refractivity contribution in [2.75, 3.05) is 6.61 Å². The van der Waals surface area contributed by atoms with Crippen LogP contribution in [0.4, 0.5) is 0 Å². The highest BCUT2D eigenvalue weighted by Crippen LogP contribution is 2.18. The maximum absolute atomic E-state index is 9.51. The predicted molar refractivity (Wildman–Crippen MR) is 74.3 cm³/mol. The number of benzene rings is 2. The Balaban J connectivity index is 2.07. The number of aliphatic hydroxyl groups is 1. The minimum Gasteiger partial charge on any atom is -0.394 e. The van der Waals surface area contributed by atoms with Crippen LogP contribution in [0.2, 0.25) is 0 Å². The van der Waals surface area contributed by atoms with Crippen molar-refractivity contribution in [3.05, 3.63) is 71.8 Å². The van der Waals surface area contributed by atoms with Gasteiger partial charge in [-0.25, -0.2) is 0 Å². The Kier molecular flexibility index (Phi) is 4.51. The van der Waals surface area contributed by atoms with Crippen molar-refractivity contribution in [1.29, 1.82) is 0 Å². The van der Waals surface area contributed by atoms with E-state index in [1.165, 1.54) is 5.56 Å². The molecular weight excluding hydrogens is 222 g/mol. The molecule has 2 rings (SSSR count). The maximum Gasteiger partial charge on any atom is 0.0626 e. The number of hydrogen-bond donors (Lipinski definition) is 2. The highest BCUT2D eigenvalue weighted by atomic mass is 16.3. The van der Waals surface area contributed by atoms with Crippen LogP contribution in [0.3, 0.4) is 0 Å². The summed E-state index contributed by atoms with van der Waals surface area (Å²) in [5.74, 6) is 0. The molecule has 0 aromatic heterocycles. The molecule has 2 aromatic carbocycles. The molecule has 2 nitrogen and oxygen atoms in total. The lowest BCUT2D eigenvalue weighted by Gasteiger charge is -2.22. The Bertz CT molecular complexity index is 455. The van der Waals surface area contributed by atoms with E-state index in [-0.39, 0.29) is 18.7 Å². The van der Waals surface area contributed by atoms with E-state index >= 15 is 0 Å². The van der Waals surface area contributed by atoms with Crippen molar-refractivity contribution in [1.82, 2.24) is 5.32 Å². The van der Waals surface area contributed by atoms with E-state index < -0.39 is 0 Å². The van der Waals surface area contributed by atoms with Crippen LogP contribution in [0.5, 0.6) is 0 Å². The third-order valence-electron chi connectivity index (χ3n) is 3.14. The van der Waals surface area contributed by atoms with E-state index in [1.807, 2.05) is 48.5 Å². The topological polar surface area (TPSA) is 32.3 Å². The summed E-state index contributed by atoms with van der Waals surface area (Å²) in [6.07, 6.45) is 0. The van der Waals surface area contributed by atoms with E-state index in [4.69, 9.17) is 0 Å². The monoisotopic (exact) mass is 241 g/mol. The van der Waals surface area contributed by atoms with Gasteiger partial charge in [0.2, 0.25) is 0 Å². The summed E-state index contributed by atoms with van der Waals surface area (Å²) in [6.45, 7) is 2.21. The molecule has 2 aromatic rings. The standard InChI is InChI=1S/C16H19NO/c1-13(14-8-4-2-5-9-14)17-16(12-18)15-10-6-3-7-11-15/h2-11,13,16-18H,12H2,1H3/t13-,16-/m0/s1. The van der Waals surface area contributed by atoms with Gasteiger partial charge in [-0.05, 0) is 18.1 Å². The molecule has 18 heavy (non-hydrogen) atoms. The van der Waals surface area contributed by atoms with Crippen LogP contribution in [0, 0.1) is 0 Å². The first-order chi connectivity index (χ1) is 8.81. The van der Waals surface area contributed by atoms with Crippen LogP contribution in [0.1, 0.15) is 30.1 Å². The van der Waals surface area contributed by atoms with Crippen LogP contribution in [-0.4, -0.2) is 11.7 Å². The summed E-state index contributed by atoms with van der Waals surface area (Å²) < 4.78 is 0. The predicted octanol–water partition coefficient (Wildman–Crippen LogP) is 3.07. The van der Waals surface area contributed by atoms with Crippen LogP contribution >= 0.6 is 0 Å². The van der Waals surface area contributed by atoms with Gasteiger partial charge in [0, 0.05) is 6.04 Å². The molecule has 2 atom stereocenters. The van der Waals surface area contributed by atoms with E-state index in [9.17, 15) is 5.11 Å². The van der Waals surface area contributed by atoms with E-state index in [0.717, 1.165) is 5.56 Å². The summed E-state index contributed by atoms with van der Waals surface area (Å²) in [4.78, 5) is 0. The normalized spacial score (nSPS) is 14.1. The van der Waals surface area contributed by atoms with Crippen molar-refractivity contribution in [2.24, 2.45) is 0 Å².